The molecular formula is C14H26N2O2S2. The molecule has 2 N–H and O–H groups in total. The number of thiophene rings is 1. The van der Waals surface area contributed by atoms with E-state index < -0.39 is 10.0 Å². The normalized spacial score (nSPS) is 13.8. The Morgan fingerprint density at radius 2 is 2.10 bits per heavy atom. The van der Waals surface area contributed by atoms with Crippen molar-refractivity contribution < 1.29 is 8.42 Å². The van der Waals surface area contributed by atoms with E-state index in [1.54, 1.807) is 11.3 Å². The van der Waals surface area contributed by atoms with Gasteiger partial charge in [-0.15, -0.1) is 11.3 Å². The predicted molar refractivity (Wildman–Crippen MR) is 86.6 cm³/mol. The zero-order valence-corrected chi connectivity index (χ0v) is 14.2. The molecule has 0 saturated carbocycles. The van der Waals surface area contributed by atoms with Crippen LogP contribution in [0.3, 0.4) is 0 Å². The summed E-state index contributed by atoms with van der Waals surface area (Å²) in [7, 11) is -3.21. The largest absolute Gasteiger partial charge is 0.314 e. The van der Waals surface area contributed by atoms with Crippen molar-refractivity contribution in [1.29, 1.82) is 0 Å². The third-order valence-electron chi connectivity index (χ3n) is 2.93. The molecule has 0 bridgehead atoms. The van der Waals surface area contributed by atoms with Crippen LogP contribution in [0.2, 0.25) is 0 Å². The lowest BCUT2D eigenvalue weighted by Gasteiger charge is -2.17. The number of nitrogens with one attached hydrogen (secondary N) is 2. The van der Waals surface area contributed by atoms with E-state index in [2.05, 4.69) is 30.8 Å². The lowest BCUT2D eigenvalue weighted by Crippen LogP contribution is -2.32. The molecule has 0 amide bonds. The van der Waals surface area contributed by atoms with Gasteiger partial charge < -0.3 is 5.32 Å². The standard InChI is InChI=1S/C14H26N2O2S2/c1-4-7-13(14-8-5-10-19-14)16-20(17,18)11-6-9-15-12(2)3/h5,8,10,12-13,15-16H,4,6-7,9,11H2,1-3H3. The summed E-state index contributed by atoms with van der Waals surface area (Å²) in [6.45, 7) is 6.92. The van der Waals surface area contributed by atoms with Gasteiger partial charge in [0.1, 0.15) is 0 Å². The van der Waals surface area contributed by atoms with Crippen molar-refractivity contribution in [2.45, 2.75) is 52.1 Å². The summed E-state index contributed by atoms with van der Waals surface area (Å²) >= 11 is 1.60. The molecule has 0 radical (unpaired) electrons. The first-order chi connectivity index (χ1) is 9.44. The van der Waals surface area contributed by atoms with Gasteiger partial charge in [0.2, 0.25) is 10.0 Å². The fraction of sp³-hybridized carbons (Fsp3) is 0.714. The Balaban J connectivity index is 2.49. The van der Waals surface area contributed by atoms with Crippen LogP contribution in [0.4, 0.5) is 0 Å². The summed E-state index contributed by atoms with van der Waals surface area (Å²) in [6.07, 6.45) is 2.43. The van der Waals surface area contributed by atoms with Crippen molar-refractivity contribution in [3.8, 4) is 0 Å². The highest BCUT2D eigenvalue weighted by atomic mass is 32.2. The van der Waals surface area contributed by atoms with Gasteiger partial charge in [-0.25, -0.2) is 13.1 Å². The van der Waals surface area contributed by atoms with E-state index in [4.69, 9.17) is 0 Å². The molecule has 0 spiro atoms. The van der Waals surface area contributed by atoms with E-state index in [0.29, 0.717) is 12.5 Å². The molecule has 1 heterocycles. The molecular weight excluding hydrogens is 292 g/mol. The first kappa shape index (κ1) is 17.6. The fourth-order valence-electron chi connectivity index (χ4n) is 1.97. The summed E-state index contributed by atoms with van der Waals surface area (Å²) in [4.78, 5) is 1.09. The average molecular weight is 319 g/mol. The van der Waals surface area contributed by atoms with Gasteiger partial charge in [0.25, 0.3) is 0 Å². The summed E-state index contributed by atoms with van der Waals surface area (Å²) in [6, 6.07) is 4.27. The molecule has 0 aliphatic rings. The van der Waals surface area contributed by atoms with Crippen molar-refractivity contribution in [2.75, 3.05) is 12.3 Å². The van der Waals surface area contributed by atoms with Gasteiger partial charge >= 0.3 is 0 Å². The maximum atomic E-state index is 12.1. The van der Waals surface area contributed by atoms with Gasteiger partial charge in [-0.05, 0) is 30.8 Å². The molecule has 20 heavy (non-hydrogen) atoms. The van der Waals surface area contributed by atoms with Crippen LogP contribution in [0.25, 0.3) is 0 Å². The van der Waals surface area contributed by atoms with Gasteiger partial charge in [0.05, 0.1) is 11.8 Å². The van der Waals surface area contributed by atoms with Crippen LogP contribution >= 0.6 is 11.3 Å². The van der Waals surface area contributed by atoms with Gasteiger partial charge in [-0.1, -0.05) is 33.3 Å². The number of rotatable bonds is 10. The second kappa shape index (κ2) is 8.77. The topological polar surface area (TPSA) is 58.2 Å². The smallest absolute Gasteiger partial charge is 0.212 e. The Hall–Kier alpha value is -0.430. The first-order valence-corrected chi connectivity index (χ1v) is 9.74. The third-order valence-corrected chi connectivity index (χ3v) is 5.38. The zero-order valence-electron chi connectivity index (χ0n) is 12.6. The molecule has 1 unspecified atom stereocenters. The summed E-state index contributed by atoms with van der Waals surface area (Å²) in [5, 5.41) is 5.22. The van der Waals surface area contributed by atoms with Gasteiger partial charge in [-0.3, -0.25) is 0 Å². The first-order valence-electron chi connectivity index (χ1n) is 7.21. The van der Waals surface area contributed by atoms with Crippen molar-refractivity contribution >= 4 is 21.4 Å². The molecule has 0 aromatic carbocycles. The molecule has 1 atom stereocenters. The van der Waals surface area contributed by atoms with Crippen LogP contribution in [-0.2, 0) is 10.0 Å². The second-order valence-electron chi connectivity index (χ2n) is 5.26. The van der Waals surface area contributed by atoms with E-state index in [1.165, 1.54) is 0 Å². The Bertz CT molecular complexity index is 456. The van der Waals surface area contributed by atoms with Crippen LogP contribution in [-0.4, -0.2) is 26.8 Å². The van der Waals surface area contributed by atoms with Gasteiger partial charge in [0, 0.05) is 10.9 Å². The molecule has 0 aliphatic heterocycles. The van der Waals surface area contributed by atoms with Gasteiger partial charge in [0.15, 0.2) is 0 Å². The van der Waals surface area contributed by atoms with E-state index in [-0.39, 0.29) is 11.8 Å². The maximum Gasteiger partial charge on any atom is 0.212 e. The van der Waals surface area contributed by atoms with E-state index >= 15 is 0 Å². The monoisotopic (exact) mass is 318 g/mol. The number of hydrogen-bond acceptors (Lipinski definition) is 4. The van der Waals surface area contributed by atoms with Crippen LogP contribution in [0, 0.1) is 0 Å². The van der Waals surface area contributed by atoms with Crippen LogP contribution in [0.5, 0.6) is 0 Å². The highest BCUT2D eigenvalue weighted by Gasteiger charge is 2.19. The van der Waals surface area contributed by atoms with Crippen molar-refractivity contribution in [3.63, 3.8) is 0 Å². The predicted octanol–water partition coefficient (Wildman–Crippen LogP) is 2.90. The minimum absolute atomic E-state index is 0.0805. The molecule has 0 aliphatic carbocycles. The van der Waals surface area contributed by atoms with Crippen LogP contribution < -0.4 is 10.0 Å². The zero-order chi connectivity index (χ0) is 15.0. The average Bonchev–Trinajstić information content (AvgIpc) is 2.87. The van der Waals surface area contributed by atoms with Crippen LogP contribution in [0.15, 0.2) is 17.5 Å². The minimum Gasteiger partial charge on any atom is -0.314 e. The molecule has 4 nitrogen and oxygen atoms in total. The Morgan fingerprint density at radius 3 is 2.65 bits per heavy atom. The Labute approximate surface area is 127 Å². The molecule has 1 rings (SSSR count). The molecule has 1 aromatic rings. The van der Waals surface area contributed by atoms with E-state index in [9.17, 15) is 8.42 Å². The Morgan fingerprint density at radius 1 is 1.35 bits per heavy atom. The lowest BCUT2D eigenvalue weighted by atomic mass is 10.1. The molecule has 1 aromatic heterocycles. The van der Waals surface area contributed by atoms with Crippen molar-refractivity contribution in [3.05, 3.63) is 22.4 Å². The maximum absolute atomic E-state index is 12.1. The summed E-state index contributed by atoms with van der Waals surface area (Å²) in [5.41, 5.74) is 0. The van der Waals surface area contributed by atoms with Crippen molar-refractivity contribution in [1.82, 2.24) is 10.0 Å². The van der Waals surface area contributed by atoms with Crippen LogP contribution in [0.1, 0.15) is 51.0 Å². The second-order valence-corrected chi connectivity index (χ2v) is 8.11. The molecule has 6 heteroatoms. The fourth-order valence-corrected chi connectivity index (χ4v) is 4.17. The minimum atomic E-state index is -3.21. The van der Waals surface area contributed by atoms with E-state index in [1.807, 2.05) is 17.5 Å². The summed E-state index contributed by atoms with van der Waals surface area (Å²) in [5.74, 6) is 0.179. The highest BCUT2D eigenvalue weighted by Crippen LogP contribution is 2.24. The third kappa shape index (κ3) is 6.83. The highest BCUT2D eigenvalue weighted by molar-refractivity contribution is 7.89. The lowest BCUT2D eigenvalue weighted by molar-refractivity contribution is 0.532. The van der Waals surface area contributed by atoms with E-state index in [0.717, 1.165) is 24.3 Å². The SMILES string of the molecule is CCCC(NS(=O)(=O)CCCNC(C)C)c1cccs1. The number of sulfonamides is 1. The quantitative estimate of drug-likeness (QED) is 0.652. The van der Waals surface area contributed by atoms with Gasteiger partial charge in [-0.2, -0.15) is 0 Å². The summed E-state index contributed by atoms with van der Waals surface area (Å²) < 4.78 is 27.1. The molecule has 0 fully saturated rings. The number of hydrogen-bond donors (Lipinski definition) is 2. The molecule has 0 saturated heterocycles. The Kier molecular flexibility index (Phi) is 7.72. The molecule has 116 valence electrons. The van der Waals surface area contributed by atoms with Crippen molar-refractivity contribution in [2.24, 2.45) is 0 Å².